The fourth-order valence-electron chi connectivity index (χ4n) is 4.51. The van der Waals surface area contributed by atoms with Gasteiger partial charge in [0.25, 0.3) is 0 Å². The van der Waals surface area contributed by atoms with Crippen LogP contribution in [0.1, 0.15) is 55.0 Å². The predicted octanol–water partition coefficient (Wildman–Crippen LogP) is 4.24. The summed E-state index contributed by atoms with van der Waals surface area (Å²) in [4.78, 5) is 24.4. The smallest absolute Gasteiger partial charge is 0.230 e. The van der Waals surface area contributed by atoms with E-state index in [1.165, 1.54) is 12.0 Å². The molecule has 2 aromatic heterocycles. The van der Waals surface area contributed by atoms with Crippen molar-refractivity contribution in [2.45, 2.75) is 51.5 Å². The zero-order valence-electron chi connectivity index (χ0n) is 18.5. The van der Waals surface area contributed by atoms with Gasteiger partial charge in [0.05, 0.1) is 11.5 Å². The summed E-state index contributed by atoms with van der Waals surface area (Å²) in [6.07, 6.45) is 7.07. The zero-order chi connectivity index (χ0) is 21.9. The second-order valence-corrected chi connectivity index (χ2v) is 8.89. The van der Waals surface area contributed by atoms with Gasteiger partial charge in [-0.2, -0.15) is 4.98 Å². The Bertz CT molecular complexity index is 1090. The zero-order valence-corrected chi connectivity index (χ0v) is 18.5. The maximum absolute atomic E-state index is 12.9. The van der Waals surface area contributed by atoms with Crippen LogP contribution in [-0.4, -0.2) is 34.1 Å². The second-order valence-electron chi connectivity index (χ2n) is 8.89. The van der Waals surface area contributed by atoms with E-state index in [4.69, 9.17) is 4.52 Å². The SMILES string of the molecule is Cc1ccccc1CNC(=O)[C@@H]1CCCN(c2ncccc2-c2noc(C3CCC3)n2)C1. The highest BCUT2D eigenvalue weighted by atomic mass is 16.5. The molecule has 32 heavy (non-hydrogen) atoms. The topological polar surface area (TPSA) is 84.2 Å². The minimum Gasteiger partial charge on any atom is -0.355 e. The lowest BCUT2D eigenvalue weighted by atomic mass is 9.85. The molecule has 3 heterocycles. The number of aryl methyl sites for hydroxylation is 1. The third-order valence-corrected chi connectivity index (χ3v) is 6.73. The Morgan fingerprint density at radius 3 is 2.84 bits per heavy atom. The predicted molar refractivity (Wildman–Crippen MR) is 122 cm³/mol. The van der Waals surface area contributed by atoms with Gasteiger partial charge in [-0.05, 0) is 55.9 Å². The van der Waals surface area contributed by atoms with Gasteiger partial charge in [0.2, 0.25) is 17.6 Å². The summed E-state index contributed by atoms with van der Waals surface area (Å²) in [5.41, 5.74) is 3.21. The Morgan fingerprint density at radius 1 is 1.16 bits per heavy atom. The maximum Gasteiger partial charge on any atom is 0.230 e. The number of anilines is 1. The van der Waals surface area contributed by atoms with Gasteiger partial charge in [-0.25, -0.2) is 4.98 Å². The Labute approximate surface area is 188 Å². The number of hydrogen-bond acceptors (Lipinski definition) is 6. The van der Waals surface area contributed by atoms with Crippen LogP contribution in [-0.2, 0) is 11.3 Å². The van der Waals surface area contributed by atoms with Crippen molar-refractivity contribution in [1.82, 2.24) is 20.4 Å². The number of rotatable bonds is 6. The first-order valence-corrected chi connectivity index (χ1v) is 11.5. The normalized spacial score (nSPS) is 18.9. The van der Waals surface area contributed by atoms with Crippen LogP contribution < -0.4 is 10.2 Å². The van der Waals surface area contributed by atoms with Gasteiger partial charge >= 0.3 is 0 Å². The number of carbonyl (C=O) groups excluding carboxylic acids is 1. The molecule has 2 fully saturated rings. The van der Waals surface area contributed by atoms with Gasteiger partial charge in [0, 0.05) is 31.7 Å². The van der Waals surface area contributed by atoms with E-state index in [1.54, 1.807) is 6.20 Å². The summed E-state index contributed by atoms with van der Waals surface area (Å²) in [7, 11) is 0. The van der Waals surface area contributed by atoms with E-state index in [9.17, 15) is 4.79 Å². The average molecular weight is 432 g/mol. The van der Waals surface area contributed by atoms with E-state index < -0.39 is 0 Å². The molecule has 1 N–H and O–H groups in total. The van der Waals surface area contributed by atoms with E-state index in [0.717, 1.165) is 55.1 Å². The van der Waals surface area contributed by atoms with Crippen LogP contribution >= 0.6 is 0 Å². The lowest BCUT2D eigenvalue weighted by Gasteiger charge is -2.33. The molecule has 0 spiro atoms. The number of benzene rings is 1. The molecule has 2 aliphatic rings. The maximum atomic E-state index is 12.9. The third kappa shape index (κ3) is 4.24. The molecule has 0 bridgehead atoms. The van der Waals surface area contributed by atoms with Crippen LogP contribution in [0.3, 0.4) is 0 Å². The van der Waals surface area contributed by atoms with Gasteiger partial charge < -0.3 is 14.7 Å². The summed E-state index contributed by atoms with van der Waals surface area (Å²) in [5, 5.41) is 7.37. The van der Waals surface area contributed by atoms with Crippen LogP contribution in [0.15, 0.2) is 47.1 Å². The van der Waals surface area contributed by atoms with Crippen LogP contribution in [0.4, 0.5) is 5.82 Å². The summed E-state index contributed by atoms with van der Waals surface area (Å²) < 4.78 is 5.54. The molecular weight excluding hydrogens is 402 g/mol. The first kappa shape index (κ1) is 20.7. The van der Waals surface area contributed by atoms with Crippen molar-refractivity contribution in [2.24, 2.45) is 5.92 Å². The molecule has 1 saturated heterocycles. The molecule has 1 amide bonds. The van der Waals surface area contributed by atoms with Crippen LogP contribution in [0.2, 0.25) is 0 Å². The van der Waals surface area contributed by atoms with Crippen molar-refractivity contribution >= 4 is 11.7 Å². The number of nitrogens with one attached hydrogen (secondary N) is 1. The third-order valence-electron chi connectivity index (χ3n) is 6.73. The van der Waals surface area contributed by atoms with Crippen LogP contribution in [0, 0.1) is 12.8 Å². The minimum atomic E-state index is -0.0709. The fraction of sp³-hybridized carbons (Fsp3) is 0.440. The molecule has 0 radical (unpaired) electrons. The number of nitrogens with zero attached hydrogens (tertiary/aromatic N) is 4. The molecule has 3 aromatic rings. The number of aromatic nitrogens is 3. The van der Waals surface area contributed by atoms with E-state index in [0.29, 0.717) is 24.8 Å². The summed E-state index contributed by atoms with van der Waals surface area (Å²) >= 11 is 0. The lowest BCUT2D eigenvalue weighted by molar-refractivity contribution is -0.125. The molecule has 1 aliphatic carbocycles. The number of piperidine rings is 1. The monoisotopic (exact) mass is 431 g/mol. The quantitative estimate of drug-likeness (QED) is 0.628. The average Bonchev–Trinajstić information content (AvgIpc) is 3.26. The Hall–Kier alpha value is -3.22. The van der Waals surface area contributed by atoms with Gasteiger partial charge in [0.1, 0.15) is 5.82 Å². The fourth-order valence-corrected chi connectivity index (χ4v) is 4.51. The van der Waals surface area contributed by atoms with Gasteiger partial charge in [0.15, 0.2) is 0 Å². The van der Waals surface area contributed by atoms with E-state index in [-0.39, 0.29) is 11.8 Å². The van der Waals surface area contributed by atoms with Crippen molar-refractivity contribution in [2.75, 3.05) is 18.0 Å². The minimum absolute atomic E-state index is 0.0709. The highest BCUT2D eigenvalue weighted by Crippen LogP contribution is 2.37. The van der Waals surface area contributed by atoms with Gasteiger partial charge in [-0.15, -0.1) is 0 Å². The van der Waals surface area contributed by atoms with Crippen molar-refractivity contribution in [3.63, 3.8) is 0 Å². The van der Waals surface area contributed by atoms with Crippen LogP contribution in [0.5, 0.6) is 0 Å². The molecular formula is C25H29N5O2. The summed E-state index contributed by atoms with van der Waals surface area (Å²) in [6.45, 7) is 4.13. The molecule has 166 valence electrons. The van der Waals surface area contributed by atoms with Gasteiger partial charge in [-0.1, -0.05) is 35.8 Å². The molecule has 1 aromatic carbocycles. The first-order valence-electron chi connectivity index (χ1n) is 11.5. The first-order chi connectivity index (χ1) is 15.7. The highest BCUT2D eigenvalue weighted by Gasteiger charge is 2.30. The second kappa shape index (κ2) is 9.10. The number of pyridine rings is 1. The van der Waals surface area contributed by atoms with Crippen LogP contribution in [0.25, 0.3) is 11.4 Å². The lowest BCUT2D eigenvalue weighted by Crippen LogP contribution is -2.43. The molecule has 1 aliphatic heterocycles. The van der Waals surface area contributed by atoms with Crippen molar-refractivity contribution < 1.29 is 9.32 Å². The van der Waals surface area contributed by atoms with E-state index in [2.05, 4.69) is 44.4 Å². The molecule has 7 heteroatoms. The van der Waals surface area contributed by atoms with Gasteiger partial charge in [-0.3, -0.25) is 4.79 Å². The molecule has 1 atom stereocenters. The highest BCUT2D eigenvalue weighted by molar-refractivity contribution is 5.80. The standard InChI is InChI=1S/C25H29N5O2/c1-17-7-2-3-8-19(17)15-27-24(31)20-11-6-14-30(16-20)23-21(12-5-13-26-23)22-28-25(32-29-22)18-9-4-10-18/h2-3,5,7-8,12-13,18,20H,4,6,9-11,14-16H2,1H3,(H,27,31)/t20-/m1/s1. The Balaban J connectivity index is 1.29. The number of amides is 1. The summed E-state index contributed by atoms with van der Waals surface area (Å²) in [5.74, 6) is 2.56. The molecule has 1 saturated carbocycles. The van der Waals surface area contributed by atoms with E-state index in [1.807, 2.05) is 24.3 Å². The largest absolute Gasteiger partial charge is 0.355 e. The Kier molecular flexibility index (Phi) is 5.88. The molecule has 7 nitrogen and oxygen atoms in total. The molecule has 5 rings (SSSR count). The number of carbonyl (C=O) groups is 1. The number of hydrogen-bond donors (Lipinski definition) is 1. The summed E-state index contributed by atoms with van der Waals surface area (Å²) in [6, 6.07) is 12.0. The van der Waals surface area contributed by atoms with Crippen molar-refractivity contribution in [3.05, 3.63) is 59.6 Å². The van der Waals surface area contributed by atoms with Crippen molar-refractivity contribution in [3.8, 4) is 11.4 Å². The van der Waals surface area contributed by atoms with Crippen molar-refractivity contribution in [1.29, 1.82) is 0 Å². The van der Waals surface area contributed by atoms with E-state index >= 15 is 0 Å². The molecule has 0 unspecified atom stereocenters. The Morgan fingerprint density at radius 2 is 2.03 bits per heavy atom.